The van der Waals surface area contributed by atoms with Crippen LogP contribution < -0.4 is 15.8 Å². The van der Waals surface area contributed by atoms with E-state index in [1.807, 2.05) is 18.2 Å². The highest BCUT2D eigenvalue weighted by Gasteiger charge is 2.21. The van der Waals surface area contributed by atoms with Gasteiger partial charge in [0.15, 0.2) is 0 Å². The van der Waals surface area contributed by atoms with E-state index in [0.29, 0.717) is 23.7 Å². The third-order valence-corrected chi connectivity index (χ3v) is 3.53. The smallest absolute Gasteiger partial charge is 0.138 e. The summed E-state index contributed by atoms with van der Waals surface area (Å²) in [4.78, 5) is 0. The summed E-state index contributed by atoms with van der Waals surface area (Å²) < 4.78 is 5.55. The molecule has 0 aliphatic heterocycles. The average Bonchev–Trinajstić information content (AvgIpc) is 2.74. The molecule has 2 rings (SSSR count). The predicted octanol–water partition coefficient (Wildman–Crippen LogP) is 3.42. The molecule has 1 aromatic rings. The number of rotatable bonds is 5. The van der Waals surface area contributed by atoms with Crippen LogP contribution in [0.2, 0.25) is 5.02 Å². The standard InChI is InChI=1S/C14H21ClN2O/c1-2-7-18-14-6-5-12(9-13(14)15)17-11-4-3-10(16)8-11/h5-6,9-11,17H,2-4,7-8,16H2,1H3. The van der Waals surface area contributed by atoms with E-state index in [1.54, 1.807) is 0 Å². The highest BCUT2D eigenvalue weighted by atomic mass is 35.5. The van der Waals surface area contributed by atoms with Crippen LogP contribution in [0.5, 0.6) is 5.75 Å². The molecule has 0 bridgehead atoms. The van der Waals surface area contributed by atoms with Crippen molar-refractivity contribution in [3.8, 4) is 5.75 Å². The highest BCUT2D eigenvalue weighted by molar-refractivity contribution is 6.32. The average molecular weight is 269 g/mol. The van der Waals surface area contributed by atoms with Crippen LogP contribution in [-0.4, -0.2) is 18.7 Å². The monoisotopic (exact) mass is 268 g/mol. The molecule has 0 amide bonds. The summed E-state index contributed by atoms with van der Waals surface area (Å²) in [5.41, 5.74) is 6.95. The van der Waals surface area contributed by atoms with Crippen molar-refractivity contribution in [1.29, 1.82) is 0 Å². The van der Waals surface area contributed by atoms with Crippen molar-refractivity contribution in [1.82, 2.24) is 0 Å². The van der Waals surface area contributed by atoms with E-state index in [-0.39, 0.29) is 0 Å². The van der Waals surface area contributed by atoms with Crippen LogP contribution in [0.15, 0.2) is 18.2 Å². The number of hydrogen-bond donors (Lipinski definition) is 2. The van der Waals surface area contributed by atoms with Gasteiger partial charge in [0.05, 0.1) is 11.6 Å². The Hall–Kier alpha value is -0.930. The fraction of sp³-hybridized carbons (Fsp3) is 0.571. The van der Waals surface area contributed by atoms with Crippen LogP contribution in [0.1, 0.15) is 32.6 Å². The lowest BCUT2D eigenvalue weighted by atomic mass is 10.2. The first-order valence-corrected chi connectivity index (χ1v) is 7.01. The summed E-state index contributed by atoms with van der Waals surface area (Å²) in [6.07, 6.45) is 4.25. The van der Waals surface area contributed by atoms with Crippen molar-refractivity contribution >= 4 is 17.3 Å². The third-order valence-electron chi connectivity index (χ3n) is 3.24. The van der Waals surface area contributed by atoms with Crippen LogP contribution in [0.25, 0.3) is 0 Å². The van der Waals surface area contributed by atoms with E-state index in [1.165, 1.54) is 0 Å². The van der Waals surface area contributed by atoms with Gasteiger partial charge in [0.2, 0.25) is 0 Å². The van der Waals surface area contributed by atoms with Crippen molar-refractivity contribution in [2.75, 3.05) is 11.9 Å². The Morgan fingerprint density at radius 3 is 2.89 bits per heavy atom. The van der Waals surface area contributed by atoms with Gasteiger partial charge in [0.25, 0.3) is 0 Å². The van der Waals surface area contributed by atoms with Crippen molar-refractivity contribution in [3.63, 3.8) is 0 Å². The lowest BCUT2D eigenvalue weighted by molar-refractivity contribution is 0.317. The molecule has 1 aliphatic carbocycles. The summed E-state index contributed by atoms with van der Waals surface area (Å²) in [5, 5.41) is 4.14. The number of ether oxygens (including phenoxy) is 1. The molecular formula is C14H21ClN2O. The van der Waals surface area contributed by atoms with Gasteiger partial charge in [-0.2, -0.15) is 0 Å². The van der Waals surface area contributed by atoms with Gasteiger partial charge >= 0.3 is 0 Å². The molecule has 0 aromatic heterocycles. The third kappa shape index (κ3) is 3.53. The quantitative estimate of drug-likeness (QED) is 0.860. The zero-order chi connectivity index (χ0) is 13.0. The van der Waals surface area contributed by atoms with Crippen LogP contribution in [-0.2, 0) is 0 Å². The van der Waals surface area contributed by atoms with Crippen molar-refractivity contribution in [2.45, 2.75) is 44.7 Å². The Kier molecular flexibility index (Phi) is 4.72. The number of nitrogens with one attached hydrogen (secondary N) is 1. The number of halogens is 1. The van der Waals surface area contributed by atoms with Crippen LogP contribution >= 0.6 is 11.6 Å². The zero-order valence-electron chi connectivity index (χ0n) is 10.8. The summed E-state index contributed by atoms with van der Waals surface area (Å²) in [7, 11) is 0. The van der Waals surface area contributed by atoms with Gasteiger partial charge in [-0.3, -0.25) is 0 Å². The molecule has 0 radical (unpaired) electrons. The molecule has 3 N–H and O–H groups in total. The van der Waals surface area contributed by atoms with Gasteiger partial charge in [-0.1, -0.05) is 18.5 Å². The molecule has 18 heavy (non-hydrogen) atoms. The number of nitrogens with two attached hydrogens (primary N) is 1. The van der Waals surface area contributed by atoms with Gasteiger partial charge < -0.3 is 15.8 Å². The van der Waals surface area contributed by atoms with E-state index in [9.17, 15) is 0 Å². The molecule has 1 aromatic carbocycles. The molecule has 1 fully saturated rings. The zero-order valence-corrected chi connectivity index (χ0v) is 11.5. The number of benzene rings is 1. The Balaban J connectivity index is 1.95. The SMILES string of the molecule is CCCOc1ccc(NC2CCC(N)C2)cc1Cl. The fourth-order valence-corrected chi connectivity index (χ4v) is 2.54. The van der Waals surface area contributed by atoms with E-state index in [2.05, 4.69) is 12.2 Å². The Labute approximate surface area is 114 Å². The lowest BCUT2D eigenvalue weighted by Gasteiger charge is -2.15. The normalized spacial score (nSPS) is 23.1. The summed E-state index contributed by atoms with van der Waals surface area (Å²) in [5.74, 6) is 0.757. The summed E-state index contributed by atoms with van der Waals surface area (Å²) >= 11 is 6.19. The number of hydrogen-bond acceptors (Lipinski definition) is 3. The maximum absolute atomic E-state index is 6.19. The predicted molar refractivity (Wildman–Crippen MR) is 76.5 cm³/mol. The van der Waals surface area contributed by atoms with Crippen LogP contribution in [0.4, 0.5) is 5.69 Å². The molecule has 0 heterocycles. The molecule has 0 spiro atoms. The van der Waals surface area contributed by atoms with Crippen molar-refractivity contribution in [2.24, 2.45) is 5.73 Å². The van der Waals surface area contributed by atoms with Gasteiger partial charge in [-0.25, -0.2) is 0 Å². The minimum absolute atomic E-state index is 0.338. The van der Waals surface area contributed by atoms with Crippen LogP contribution in [0.3, 0.4) is 0 Å². The molecule has 1 saturated carbocycles. The lowest BCUT2D eigenvalue weighted by Crippen LogP contribution is -2.20. The topological polar surface area (TPSA) is 47.3 Å². The fourth-order valence-electron chi connectivity index (χ4n) is 2.30. The second-order valence-corrected chi connectivity index (χ2v) is 5.32. The second kappa shape index (κ2) is 6.30. The largest absolute Gasteiger partial charge is 0.492 e. The minimum atomic E-state index is 0.338. The first-order valence-electron chi connectivity index (χ1n) is 6.63. The van der Waals surface area contributed by atoms with E-state index < -0.39 is 0 Å². The molecule has 0 saturated heterocycles. The summed E-state index contributed by atoms with van der Waals surface area (Å²) in [6.45, 7) is 2.77. The molecule has 4 heteroatoms. The Morgan fingerprint density at radius 2 is 2.28 bits per heavy atom. The first kappa shape index (κ1) is 13.5. The van der Waals surface area contributed by atoms with E-state index >= 15 is 0 Å². The number of anilines is 1. The molecule has 3 nitrogen and oxygen atoms in total. The van der Waals surface area contributed by atoms with Gasteiger partial charge in [-0.05, 0) is 43.9 Å². The van der Waals surface area contributed by atoms with Gasteiger partial charge in [-0.15, -0.1) is 0 Å². The maximum Gasteiger partial charge on any atom is 0.138 e. The van der Waals surface area contributed by atoms with Crippen molar-refractivity contribution in [3.05, 3.63) is 23.2 Å². The van der Waals surface area contributed by atoms with Gasteiger partial charge in [0, 0.05) is 17.8 Å². The van der Waals surface area contributed by atoms with E-state index in [4.69, 9.17) is 22.1 Å². The van der Waals surface area contributed by atoms with Crippen LogP contribution in [0, 0.1) is 0 Å². The molecule has 100 valence electrons. The summed E-state index contributed by atoms with van der Waals surface area (Å²) in [6, 6.07) is 6.68. The molecule has 2 atom stereocenters. The van der Waals surface area contributed by atoms with Gasteiger partial charge in [0.1, 0.15) is 5.75 Å². The molecule has 1 aliphatic rings. The van der Waals surface area contributed by atoms with Crippen molar-refractivity contribution < 1.29 is 4.74 Å². The minimum Gasteiger partial charge on any atom is -0.492 e. The molecule has 2 unspecified atom stereocenters. The van der Waals surface area contributed by atoms with E-state index in [0.717, 1.165) is 37.1 Å². The first-order chi connectivity index (χ1) is 8.69. The second-order valence-electron chi connectivity index (χ2n) is 4.91. The Bertz CT molecular complexity index is 397. The Morgan fingerprint density at radius 1 is 1.44 bits per heavy atom. The molecular weight excluding hydrogens is 248 g/mol. The highest BCUT2D eigenvalue weighted by Crippen LogP contribution is 2.29. The maximum atomic E-state index is 6.19.